The molecular weight excluding hydrogens is 448 g/mol. The number of nitrogens with one attached hydrogen (secondary N) is 2. The average Bonchev–Trinajstić information content (AvgIpc) is 3.13. The van der Waals surface area contributed by atoms with Crippen LogP contribution in [-0.2, 0) is 35.1 Å². The lowest BCUT2D eigenvalue weighted by molar-refractivity contribution is -0.137. The van der Waals surface area contributed by atoms with Crippen LogP contribution in [0.25, 0.3) is 10.4 Å². The fourth-order valence-electron chi connectivity index (χ4n) is 3.60. The second-order valence-corrected chi connectivity index (χ2v) is 7.55. The van der Waals surface area contributed by atoms with Gasteiger partial charge in [0.15, 0.2) is 0 Å². The van der Waals surface area contributed by atoms with Crippen LogP contribution in [0.15, 0.2) is 23.3 Å². The van der Waals surface area contributed by atoms with Crippen LogP contribution in [0.1, 0.15) is 28.8 Å². The molecule has 1 aromatic rings. The molecule has 13 nitrogen and oxygen atoms in total. The second kappa shape index (κ2) is 12.7. The van der Waals surface area contributed by atoms with Crippen molar-refractivity contribution in [2.45, 2.75) is 25.4 Å². The summed E-state index contributed by atoms with van der Waals surface area (Å²) in [6.45, 7) is 1.91. The molecule has 0 aromatic heterocycles. The molecule has 1 atom stereocenters. The van der Waals surface area contributed by atoms with Crippen molar-refractivity contribution in [3.63, 3.8) is 0 Å². The van der Waals surface area contributed by atoms with Gasteiger partial charge in [0.05, 0.1) is 33.0 Å². The predicted octanol–water partition coefficient (Wildman–Crippen LogP) is 0.746. The first-order valence-corrected chi connectivity index (χ1v) is 10.8. The van der Waals surface area contributed by atoms with Crippen molar-refractivity contribution < 1.29 is 33.4 Å². The van der Waals surface area contributed by atoms with Gasteiger partial charge >= 0.3 is 0 Å². The molecule has 3 rings (SSSR count). The van der Waals surface area contributed by atoms with Crippen molar-refractivity contribution in [1.29, 1.82) is 0 Å². The standard InChI is InChI=1S/C21H26N6O7/c22-26-23-5-6-32-7-8-33-9-10-34-13-19(29)24-15-1-2-16-14(11-15)12-27(21(16)31)17-3-4-18(28)25-20(17)30/h1-2,11,17H,3-10,12-13H2,(H,24,29)(H,25,28,30). The van der Waals surface area contributed by atoms with Crippen LogP contribution >= 0.6 is 0 Å². The van der Waals surface area contributed by atoms with E-state index in [4.69, 9.17) is 19.7 Å². The highest BCUT2D eigenvalue weighted by Crippen LogP contribution is 2.29. The summed E-state index contributed by atoms with van der Waals surface area (Å²) in [7, 11) is 0. The third-order valence-electron chi connectivity index (χ3n) is 5.18. The van der Waals surface area contributed by atoms with Gasteiger partial charge in [-0.3, -0.25) is 24.5 Å². The van der Waals surface area contributed by atoms with Crippen molar-refractivity contribution >= 4 is 29.3 Å². The number of azide groups is 1. The molecular formula is C21H26N6O7. The molecule has 182 valence electrons. The predicted molar refractivity (Wildman–Crippen MR) is 118 cm³/mol. The first-order valence-electron chi connectivity index (χ1n) is 10.8. The maximum atomic E-state index is 12.7. The van der Waals surface area contributed by atoms with Crippen LogP contribution in [0.3, 0.4) is 0 Å². The van der Waals surface area contributed by atoms with E-state index in [2.05, 4.69) is 20.7 Å². The number of carbonyl (C=O) groups excluding carboxylic acids is 4. The van der Waals surface area contributed by atoms with Crippen molar-refractivity contribution in [2.24, 2.45) is 5.11 Å². The highest BCUT2D eigenvalue weighted by atomic mass is 16.5. The minimum atomic E-state index is -0.685. The zero-order valence-corrected chi connectivity index (χ0v) is 18.5. The van der Waals surface area contributed by atoms with Gasteiger partial charge in [-0.2, -0.15) is 0 Å². The number of carbonyl (C=O) groups is 4. The third kappa shape index (κ3) is 6.99. The van der Waals surface area contributed by atoms with E-state index < -0.39 is 11.9 Å². The molecule has 1 fully saturated rings. The number of anilines is 1. The number of amides is 4. The largest absolute Gasteiger partial charge is 0.379 e. The molecule has 0 spiro atoms. The summed E-state index contributed by atoms with van der Waals surface area (Å²) >= 11 is 0. The molecule has 2 N–H and O–H groups in total. The lowest BCUT2D eigenvalue weighted by Crippen LogP contribution is -2.52. The van der Waals surface area contributed by atoms with E-state index in [-0.39, 0.29) is 50.4 Å². The summed E-state index contributed by atoms with van der Waals surface area (Å²) in [4.78, 5) is 52.4. The maximum Gasteiger partial charge on any atom is 0.255 e. The Hall–Kier alpha value is -3.51. The Morgan fingerprint density at radius 2 is 1.88 bits per heavy atom. The van der Waals surface area contributed by atoms with Crippen LogP contribution in [0.4, 0.5) is 5.69 Å². The van der Waals surface area contributed by atoms with Crippen LogP contribution in [0.2, 0.25) is 0 Å². The summed E-state index contributed by atoms with van der Waals surface area (Å²) in [5, 5.41) is 8.32. The summed E-state index contributed by atoms with van der Waals surface area (Å²) in [5.74, 6) is -1.43. The Kier molecular flexibility index (Phi) is 9.35. The van der Waals surface area contributed by atoms with Crippen LogP contribution < -0.4 is 10.6 Å². The van der Waals surface area contributed by atoms with Gasteiger partial charge in [-0.15, -0.1) is 0 Å². The van der Waals surface area contributed by atoms with Crippen LogP contribution in [-0.4, -0.2) is 80.8 Å². The lowest BCUT2D eigenvalue weighted by Gasteiger charge is -2.29. The zero-order chi connectivity index (χ0) is 24.3. The van der Waals surface area contributed by atoms with Gasteiger partial charge < -0.3 is 24.4 Å². The molecule has 2 heterocycles. The minimum absolute atomic E-state index is 0.162. The number of rotatable bonds is 13. The molecule has 0 bridgehead atoms. The monoisotopic (exact) mass is 474 g/mol. The van der Waals surface area contributed by atoms with E-state index >= 15 is 0 Å². The highest BCUT2D eigenvalue weighted by Gasteiger charge is 2.39. The van der Waals surface area contributed by atoms with E-state index in [9.17, 15) is 19.2 Å². The Balaban J connectivity index is 1.35. The van der Waals surface area contributed by atoms with E-state index in [0.717, 1.165) is 0 Å². The first-order chi connectivity index (χ1) is 16.5. The third-order valence-corrected chi connectivity index (χ3v) is 5.18. The van der Waals surface area contributed by atoms with E-state index in [1.165, 1.54) is 4.90 Å². The Bertz CT molecular complexity index is 978. The Labute approximate surface area is 195 Å². The summed E-state index contributed by atoms with van der Waals surface area (Å²) < 4.78 is 15.8. The van der Waals surface area contributed by atoms with Gasteiger partial charge in [0.2, 0.25) is 17.7 Å². The highest BCUT2D eigenvalue weighted by molar-refractivity contribution is 6.05. The molecule has 1 aromatic carbocycles. The molecule has 2 aliphatic heterocycles. The fourth-order valence-corrected chi connectivity index (χ4v) is 3.60. The molecule has 2 aliphatic rings. The summed E-state index contributed by atoms with van der Waals surface area (Å²) in [5.41, 5.74) is 9.81. The quantitative estimate of drug-likeness (QED) is 0.139. The number of piperidine rings is 1. The van der Waals surface area contributed by atoms with Gasteiger partial charge in [0.25, 0.3) is 5.91 Å². The van der Waals surface area contributed by atoms with Crippen molar-refractivity contribution in [3.8, 4) is 0 Å². The number of ether oxygens (including phenoxy) is 3. The van der Waals surface area contributed by atoms with Gasteiger partial charge in [-0.25, -0.2) is 0 Å². The van der Waals surface area contributed by atoms with E-state index in [1.54, 1.807) is 18.2 Å². The summed E-state index contributed by atoms with van der Waals surface area (Å²) in [6.07, 6.45) is 0.481. The molecule has 0 radical (unpaired) electrons. The molecule has 4 amide bonds. The summed E-state index contributed by atoms with van der Waals surface area (Å²) in [6, 6.07) is 4.24. The van der Waals surface area contributed by atoms with Crippen molar-refractivity contribution in [2.75, 3.05) is 51.5 Å². The Morgan fingerprint density at radius 3 is 2.62 bits per heavy atom. The number of fused-ring (bicyclic) bond motifs is 1. The van der Waals surface area contributed by atoms with Gasteiger partial charge in [0, 0.05) is 35.7 Å². The van der Waals surface area contributed by atoms with Crippen molar-refractivity contribution in [3.05, 3.63) is 39.8 Å². The number of imide groups is 1. The molecule has 0 aliphatic carbocycles. The molecule has 0 saturated carbocycles. The second-order valence-electron chi connectivity index (χ2n) is 7.55. The fraction of sp³-hybridized carbons (Fsp3) is 0.524. The number of nitrogens with zero attached hydrogens (tertiary/aromatic N) is 4. The van der Waals surface area contributed by atoms with Gasteiger partial charge in [-0.05, 0) is 35.7 Å². The Morgan fingerprint density at radius 1 is 1.15 bits per heavy atom. The topological polar surface area (TPSA) is 172 Å². The van der Waals surface area contributed by atoms with E-state index in [0.29, 0.717) is 49.7 Å². The molecule has 13 heteroatoms. The van der Waals surface area contributed by atoms with E-state index in [1.807, 2.05) is 0 Å². The SMILES string of the molecule is [N-]=[N+]=NCCOCCOCCOCC(=O)Nc1ccc2c(c1)CN(C1CCC(=O)NC1=O)C2=O. The molecule has 1 unspecified atom stereocenters. The number of hydrogen-bond acceptors (Lipinski definition) is 8. The smallest absolute Gasteiger partial charge is 0.255 e. The molecule has 1 saturated heterocycles. The average molecular weight is 474 g/mol. The van der Waals surface area contributed by atoms with Crippen molar-refractivity contribution in [1.82, 2.24) is 10.2 Å². The maximum absolute atomic E-state index is 12.7. The zero-order valence-electron chi connectivity index (χ0n) is 18.5. The lowest BCUT2D eigenvalue weighted by atomic mass is 10.0. The first kappa shape index (κ1) is 25.1. The van der Waals surface area contributed by atoms with Crippen LogP contribution in [0.5, 0.6) is 0 Å². The number of hydrogen-bond donors (Lipinski definition) is 2. The normalized spacial score (nSPS) is 17.2. The van der Waals surface area contributed by atoms with Gasteiger partial charge in [-0.1, -0.05) is 5.11 Å². The minimum Gasteiger partial charge on any atom is -0.379 e. The molecule has 34 heavy (non-hydrogen) atoms. The van der Waals surface area contributed by atoms with Crippen LogP contribution in [0, 0.1) is 0 Å². The number of benzene rings is 1. The van der Waals surface area contributed by atoms with Gasteiger partial charge in [0.1, 0.15) is 12.6 Å².